The summed E-state index contributed by atoms with van der Waals surface area (Å²) in [6.45, 7) is 0. The second-order valence-corrected chi connectivity index (χ2v) is 4.96. The second kappa shape index (κ2) is 5.99. The van der Waals surface area contributed by atoms with E-state index in [9.17, 15) is 4.39 Å². The molecular weight excluding hydrogens is 265 g/mol. The Bertz CT molecular complexity index is 752. The van der Waals surface area contributed by atoms with Gasteiger partial charge in [-0.05, 0) is 35.1 Å². The van der Waals surface area contributed by atoms with Crippen molar-refractivity contribution in [2.24, 2.45) is 5.84 Å². The molecule has 21 heavy (non-hydrogen) atoms. The van der Waals surface area contributed by atoms with Crippen LogP contribution in [-0.4, -0.2) is 4.98 Å². The van der Waals surface area contributed by atoms with Gasteiger partial charge in [0, 0.05) is 17.8 Å². The number of fused-ring (bicyclic) bond motifs is 1. The molecule has 1 atom stereocenters. The summed E-state index contributed by atoms with van der Waals surface area (Å²) < 4.78 is 13.8. The summed E-state index contributed by atoms with van der Waals surface area (Å²) in [5, 5.41) is 2.12. The molecule has 0 aliphatic rings. The van der Waals surface area contributed by atoms with E-state index in [-0.39, 0.29) is 11.9 Å². The lowest BCUT2D eigenvalue weighted by Gasteiger charge is -2.18. The van der Waals surface area contributed by atoms with E-state index >= 15 is 0 Å². The summed E-state index contributed by atoms with van der Waals surface area (Å²) in [4.78, 5) is 4.17. The first-order chi connectivity index (χ1) is 10.3. The van der Waals surface area contributed by atoms with Gasteiger partial charge in [0.25, 0.3) is 0 Å². The van der Waals surface area contributed by atoms with Gasteiger partial charge in [-0.25, -0.2) is 4.39 Å². The number of nitrogens with zero attached hydrogens (tertiary/aromatic N) is 1. The molecule has 1 unspecified atom stereocenters. The van der Waals surface area contributed by atoms with Gasteiger partial charge in [0.15, 0.2) is 0 Å². The molecule has 0 radical (unpaired) electrons. The first-order valence-corrected chi connectivity index (χ1v) is 6.82. The van der Waals surface area contributed by atoms with E-state index < -0.39 is 0 Å². The number of hydrogen-bond acceptors (Lipinski definition) is 3. The molecule has 1 aromatic heterocycles. The molecular formula is C17H16FN3. The molecule has 0 saturated carbocycles. The fourth-order valence-electron chi connectivity index (χ4n) is 2.58. The van der Waals surface area contributed by atoms with Gasteiger partial charge in [-0.15, -0.1) is 0 Å². The minimum Gasteiger partial charge on any atom is -0.271 e. The number of hydrazine groups is 1. The van der Waals surface area contributed by atoms with Crippen LogP contribution in [0.5, 0.6) is 0 Å². The van der Waals surface area contributed by atoms with Crippen molar-refractivity contribution in [2.75, 3.05) is 0 Å². The van der Waals surface area contributed by atoms with E-state index in [2.05, 4.69) is 10.4 Å². The minimum atomic E-state index is -0.212. The highest BCUT2D eigenvalue weighted by Crippen LogP contribution is 2.26. The Morgan fingerprint density at radius 2 is 1.95 bits per heavy atom. The molecule has 106 valence electrons. The molecule has 0 amide bonds. The van der Waals surface area contributed by atoms with Crippen molar-refractivity contribution in [1.29, 1.82) is 0 Å². The highest BCUT2D eigenvalue weighted by molar-refractivity contribution is 5.85. The zero-order valence-corrected chi connectivity index (χ0v) is 11.5. The minimum absolute atomic E-state index is 0.171. The van der Waals surface area contributed by atoms with Crippen LogP contribution >= 0.6 is 0 Å². The molecule has 0 saturated heterocycles. The predicted molar refractivity (Wildman–Crippen MR) is 81.9 cm³/mol. The van der Waals surface area contributed by atoms with Gasteiger partial charge < -0.3 is 0 Å². The molecule has 2 aromatic carbocycles. The Morgan fingerprint density at radius 1 is 1.10 bits per heavy atom. The summed E-state index contributed by atoms with van der Waals surface area (Å²) in [5.74, 6) is 5.49. The molecule has 1 heterocycles. The van der Waals surface area contributed by atoms with Crippen molar-refractivity contribution < 1.29 is 4.39 Å². The number of pyridine rings is 1. The summed E-state index contributed by atoms with van der Waals surface area (Å²) in [7, 11) is 0. The topological polar surface area (TPSA) is 50.9 Å². The van der Waals surface area contributed by atoms with Gasteiger partial charge in [0.1, 0.15) is 5.82 Å². The van der Waals surface area contributed by atoms with Crippen LogP contribution in [0.4, 0.5) is 4.39 Å². The van der Waals surface area contributed by atoms with Crippen molar-refractivity contribution in [3.63, 3.8) is 0 Å². The van der Waals surface area contributed by atoms with Crippen LogP contribution in [0.25, 0.3) is 10.8 Å². The van der Waals surface area contributed by atoms with Crippen LogP contribution < -0.4 is 11.3 Å². The third kappa shape index (κ3) is 2.77. The number of nitrogens with one attached hydrogen (secondary N) is 1. The van der Waals surface area contributed by atoms with Crippen LogP contribution in [-0.2, 0) is 6.42 Å². The van der Waals surface area contributed by atoms with Crippen molar-refractivity contribution in [1.82, 2.24) is 10.4 Å². The van der Waals surface area contributed by atoms with E-state index in [4.69, 9.17) is 5.84 Å². The molecule has 4 heteroatoms. The SMILES string of the molecule is NNC(Cc1ccccc1F)c1cccc2ccncc12. The number of hydrogen-bond donors (Lipinski definition) is 2. The van der Waals surface area contributed by atoms with E-state index in [0.717, 1.165) is 16.3 Å². The molecule has 0 aliphatic heterocycles. The average molecular weight is 281 g/mol. The van der Waals surface area contributed by atoms with Gasteiger partial charge in [0.05, 0.1) is 6.04 Å². The van der Waals surface area contributed by atoms with Gasteiger partial charge >= 0.3 is 0 Å². The van der Waals surface area contributed by atoms with E-state index in [1.807, 2.05) is 36.5 Å². The Labute approximate surface area is 122 Å². The zero-order valence-electron chi connectivity index (χ0n) is 11.5. The van der Waals surface area contributed by atoms with Crippen LogP contribution in [0.15, 0.2) is 60.9 Å². The third-order valence-corrected chi connectivity index (χ3v) is 3.68. The van der Waals surface area contributed by atoms with Crippen LogP contribution in [0.1, 0.15) is 17.2 Å². The van der Waals surface area contributed by atoms with E-state index in [0.29, 0.717) is 12.0 Å². The largest absolute Gasteiger partial charge is 0.271 e. The maximum Gasteiger partial charge on any atom is 0.126 e. The van der Waals surface area contributed by atoms with Gasteiger partial charge in [-0.2, -0.15) is 0 Å². The Kier molecular flexibility index (Phi) is 3.90. The number of aromatic nitrogens is 1. The predicted octanol–water partition coefficient (Wildman–Crippen LogP) is 3.12. The number of benzene rings is 2. The highest BCUT2D eigenvalue weighted by Gasteiger charge is 2.15. The molecule has 0 spiro atoms. The fraction of sp³-hybridized carbons (Fsp3) is 0.118. The maximum atomic E-state index is 13.8. The highest BCUT2D eigenvalue weighted by atomic mass is 19.1. The molecule has 3 nitrogen and oxygen atoms in total. The summed E-state index contributed by atoms with van der Waals surface area (Å²) in [5.41, 5.74) is 4.45. The smallest absolute Gasteiger partial charge is 0.126 e. The lowest BCUT2D eigenvalue weighted by Crippen LogP contribution is -2.30. The number of halogens is 1. The standard InChI is InChI=1S/C17H16FN3/c18-16-7-2-1-4-13(16)10-17(21-19)14-6-3-5-12-8-9-20-11-15(12)14/h1-9,11,17,21H,10,19H2. The van der Waals surface area contributed by atoms with E-state index in [1.165, 1.54) is 6.07 Å². The fourth-order valence-corrected chi connectivity index (χ4v) is 2.58. The Morgan fingerprint density at radius 3 is 2.76 bits per heavy atom. The quantitative estimate of drug-likeness (QED) is 0.570. The molecule has 0 bridgehead atoms. The van der Waals surface area contributed by atoms with Gasteiger partial charge in [-0.1, -0.05) is 36.4 Å². The number of rotatable bonds is 4. The van der Waals surface area contributed by atoms with Gasteiger partial charge in [-0.3, -0.25) is 16.3 Å². The first kappa shape index (κ1) is 13.7. The van der Waals surface area contributed by atoms with Gasteiger partial charge in [0.2, 0.25) is 0 Å². The Hall–Kier alpha value is -2.30. The summed E-state index contributed by atoms with van der Waals surface area (Å²) in [6, 6.07) is 14.5. The molecule has 3 aromatic rings. The van der Waals surface area contributed by atoms with Crippen molar-refractivity contribution in [3.05, 3.63) is 77.9 Å². The van der Waals surface area contributed by atoms with Crippen molar-refractivity contribution >= 4 is 10.8 Å². The molecule has 0 fully saturated rings. The first-order valence-electron chi connectivity index (χ1n) is 6.82. The van der Waals surface area contributed by atoms with Crippen LogP contribution in [0, 0.1) is 5.82 Å². The lowest BCUT2D eigenvalue weighted by atomic mass is 9.95. The van der Waals surface area contributed by atoms with Crippen LogP contribution in [0.3, 0.4) is 0 Å². The monoisotopic (exact) mass is 281 g/mol. The normalized spacial score (nSPS) is 12.5. The Balaban J connectivity index is 2.01. The average Bonchev–Trinajstić information content (AvgIpc) is 2.54. The van der Waals surface area contributed by atoms with Crippen LogP contribution in [0.2, 0.25) is 0 Å². The molecule has 0 aliphatic carbocycles. The summed E-state index contributed by atoms with van der Waals surface area (Å²) in [6.07, 6.45) is 4.06. The summed E-state index contributed by atoms with van der Waals surface area (Å²) >= 11 is 0. The maximum absolute atomic E-state index is 13.8. The lowest BCUT2D eigenvalue weighted by molar-refractivity contribution is 0.532. The molecule has 3 rings (SSSR count). The zero-order chi connectivity index (χ0) is 14.7. The number of nitrogens with two attached hydrogens (primary N) is 1. The third-order valence-electron chi connectivity index (χ3n) is 3.68. The van der Waals surface area contributed by atoms with Crippen molar-refractivity contribution in [2.45, 2.75) is 12.5 Å². The molecule has 3 N–H and O–H groups in total. The van der Waals surface area contributed by atoms with E-state index in [1.54, 1.807) is 18.3 Å². The van der Waals surface area contributed by atoms with Crippen molar-refractivity contribution in [3.8, 4) is 0 Å². The second-order valence-electron chi connectivity index (χ2n) is 4.96.